The fourth-order valence-corrected chi connectivity index (χ4v) is 2.41. The van der Waals surface area contributed by atoms with Gasteiger partial charge in [-0.25, -0.2) is 0 Å². The van der Waals surface area contributed by atoms with E-state index in [1.807, 2.05) is 37.3 Å². The van der Waals surface area contributed by atoms with Crippen LogP contribution in [0, 0.1) is 0 Å². The van der Waals surface area contributed by atoms with Gasteiger partial charge in [-0.2, -0.15) is 0 Å². The summed E-state index contributed by atoms with van der Waals surface area (Å²) >= 11 is 6.21. The smallest absolute Gasteiger partial charge is 0.244 e. The molecule has 0 unspecified atom stereocenters. The lowest BCUT2D eigenvalue weighted by molar-refractivity contribution is -0.116. The van der Waals surface area contributed by atoms with E-state index >= 15 is 0 Å². The molecule has 0 aliphatic rings. The molecule has 0 radical (unpaired) electrons. The summed E-state index contributed by atoms with van der Waals surface area (Å²) in [6, 6.07) is 13.2. The summed E-state index contributed by atoms with van der Waals surface area (Å²) in [6.07, 6.45) is 3.15. The van der Waals surface area contributed by atoms with Crippen molar-refractivity contribution in [3.8, 4) is 11.5 Å². The number of nitrogens with one attached hydrogen (secondary N) is 1. The summed E-state index contributed by atoms with van der Waals surface area (Å²) < 4.78 is 10.8. The second-order valence-corrected chi connectivity index (χ2v) is 5.41. The predicted molar refractivity (Wildman–Crippen MR) is 96.5 cm³/mol. The van der Waals surface area contributed by atoms with Gasteiger partial charge in [-0.05, 0) is 36.3 Å². The van der Waals surface area contributed by atoms with Crippen molar-refractivity contribution in [1.82, 2.24) is 5.32 Å². The van der Waals surface area contributed by atoms with Crippen LogP contribution in [0.1, 0.15) is 18.1 Å². The molecule has 2 aromatic carbocycles. The van der Waals surface area contributed by atoms with Gasteiger partial charge in [0.2, 0.25) is 5.91 Å². The lowest BCUT2D eigenvalue weighted by Crippen LogP contribution is -2.20. The number of ether oxygens (including phenoxy) is 2. The summed E-state index contributed by atoms with van der Waals surface area (Å²) in [6.45, 7) is 2.85. The minimum absolute atomic E-state index is 0.178. The van der Waals surface area contributed by atoms with Crippen molar-refractivity contribution in [2.24, 2.45) is 0 Å². The molecular weight excluding hydrogens is 326 g/mol. The molecule has 4 nitrogen and oxygen atoms in total. The lowest BCUT2D eigenvalue weighted by atomic mass is 10.2. The number of carbonyl (C=O) groups excluding carboxylic acids is 1. The molecule has 0 bridgehead atoms. The molecule has 1 N–H and O–H groups in total. The third-order valence-electron chi connectivity index (χ3n) is 3.28. The van der Waals surface area contributed by atoms with Gasteiger partial charge < -0.3 is 14.8 Å². The minimum Gasteiger partial charge on any atom is -0.493 e. The zero-order chi connectivity index (χ0) is 17.4. The van der Waals surface area contributed by atoms with Gasteiger partial charge in [0.1, 0.15) is 0 Å². The maximum atomic E-state index is 11.9. The van der Waals surface area contributed by atoms with E-state index in [9.17, 15) is 4.79 Å². The Bertz CT molecular complexity index is 714. The average Bonchev–Trinajstić information content (AvgIpc) is 2.61. The third kappa shape index (κ3) is 5.03. The number of benzene rings is 2. The molecule has 0 fully saturated rings. The Morgan fingerprint density at radius 1 is 1.25 bits per heavy atom. The van der Waals surface area contributed by atoms with E-state index in [0.29, 0.717) is 29.7 Å². The van der Waals surface area contributed by atoms with E-state index in [0.717, 1.165) is 11.1 Å². The van der Waals surface area contributed by atoms with Crippen LogP contribution in [0.3, 0.4) is 0 Å². The first-order valence-corrected chi connectivity index (χ1v) is 8.02. The van der Waals surface area contributed by atoms with Crippen LogP contribution in [0.4, 0.5) is 0 Å². The van der Waals surface area contributed by atoms with E-state index in [2.05, 4.69) is 5.32 Å². The number of carbonyl (C=O) groups is 1. The SMILES string of the molecule is CCOc1c(Cl)cc(/C=C/C(=O)NCc2ccccc2)cc1OC. The molecular formula is C19H20ClNO3. The van der Waals surface area contributed by atoms with E-state index in [1.165, 1.54) is 6.08 Å². The molecule has 126 valence electrons. The topological polar surface area (TPSA) is 47.6 Å². The van der Waals surface area contributed by atoms with Crippen molar-refractivity contribution in [3.05, 3.63) is 64.7 Å². The lowest BCUT2D eigenvalue weighted by Gasteiger charge is -2.11. The van der Waals surface area contributed by atoms with Gasteiger partial charge in [-0.15, -0.1) is 0 Å². The highest BCUT2D eigenvalue weighted by molar-refractivity contribution is 6.32. The first-order valence-electron chi connectivity index (χ1n) is 7.64. The quantitative estimate of drug-likeness (QED) is 0.769. The van der Waals surface area contributed by atoms with Crippen molar-refractivity contribution in [2.75, 3.05) is 13.7 Å². The van der Waals surface area contributed by atoms with Crippen molar-refractivity contribution < 1.29 is 14.3 Å². The summed E-state index contributed by atoms with van der Waals surface area (Å²) in [5.41, 5.74) is 1.81. The molecule has 0 heterocycles. The van der Waals surface area contributed by atoms with E-state index in [1.54, 1.807) is 25.3 Å². The monoisotopic (exact) mass is 345 g/mol. The molecule has 0 atom stereocenters. The Morgan fingerprint density at radius 2 is 2.00 bits per heavy atom. The first-order chi connectivity index (χ1) is 11.6. The van der Waals surface area contributed by atoms with Crippen LogP contribution in [0.2, 0.25) is 5.02 Å². The maximum Gasteiger partial charge on any atom is 0.244 e. The highest BCUT2D eigenvalue weighted by Crippen LogP contribution is 2.36. The van der Waals surface area contributed by atoms with Crippen molar-refractivity contribution in [3.63, 3.8) is 0 Å². The Labute approximate surface area is 147 Å². The number of amides is 1. The number of rotatable bonds is 7. The third-order valence-corrected chi connectivity index (χ3v) is 3.56. The van der Waals surface area contributed by atoms with E-state index in [-0.39, 0.29) is 5.91 Å². The molecule has 2 rings (SSSR count). The standard InChI is InChI=1S/C19H20ClNO3/c1-3-24-19-16(20)11-15(12-17(19)23-2)9-10-18(22)21-13-14-7-5-4-6-8-14/h4-12H,3,13H2,1-2H3,(H,21,22)/b10-9+. The molecule has 2 aromatic rings. The van der Waals surface area contributed by atoms with Crippen LogP contribution >= 0.6 is 11.6 Å². The number of hydrogen-bond donors (Lipinski definition) is 1. The molecule has 5 heteroatoms. The highest BCUT2D eigenvalue weighted by Gasteiger charge is 2.10. The molecule has 0 aliphatic carbocycles. The average molecular weight is 346 g/mol. The Balaban J connectivity index is 2.02. The van der Waals surface area contributed by atoms with Gasteiger partial charge in [-0.1, -0.05) is 41.9 Å². The molecule has 1 amide bonds. The summed E-state index contributed by atoms with van der Waals surface area (Å²) in [4.78, 5) is 11.9. The Hall–Kier alpha value is -2.46. The highest BCUT2D eigenvalue weighted by atomic mass is 35.5. The van der Waals surface area contributed by atoms with Crippen molar-refractivity contribution >= 4 is 23.6 Å². The Kier molecular flexibility index (Phi) is 6.70. The molecule has 24 heavy (non-hydrogen) atoms. The summed E-state index contributed by atoms with van der Waals surface area (Å²) in [7, 11) is 1.55. The van der Waals surface area contributed by atoms with Crippen LogP contribution in [0.5, 0.6) is 11.5 Å². The zero-order valence-electron chi connectivity index (χ0n) is 13.7. The first kappa shape index (κ1) is 17.9. The van der Waals surface area contributed by atoms with Gasteiger partial charge in [-0.3, -0.25) is 4.79 Å². The normalized spacial score (nSPS) is 10.6. The predicted octanol–water partition coefficient (Wildman–Crippen LogP) is 4.08. The van der Waals surface area contributed by atoms with Gasteiger partial charge >= 0.3 is 0 Å². The number of methoxy groups -OCH3 is 1. The molecule has 0 spiro atoms. The maximum absolute atomic E-state index is 11.9. The largest absolute Gasteiger partial charge is 0.493 e. The second kappa shape index (κ2) is 8.99. The molecule has 0 saturated carbocycles. The zero-order valence-corrected chi connectivity index (χ0v) is 14.5. The summed E-state index contributed by atoms with van der Waals surface area (Å²) in [5, 5.41) is 3.27. The van der Waals surface area contributed by atoms with Crippen molar-refractivity contribution in [2.45, 2.75) is 13.5 Å². The molecule has 0 saturated heterocycles. The fourth-order valence-electron chi connectivity index (χ4n) is 2.14. The van der Waals surface area contributed by atoms with E-state index < -0.39 is 0 Å². The van der Waals surface area contributed by atoms with Gasteiger partial charge in [0.15, 0.2) is 11.5 Å². The van der Waals surface area contributed by atoms with Crippen LogP contribution < -0.4 is 14.8 Å². The van der Waals surface area contributed by atoms with Crippen LogP contribution in [-0.4, -0.2) is 19.6 Å². The van der Waals surface area contributed by atoms with Gasteiger partial charge in [0.05, 0.1) is 18.7 Å². The molecule has 0 aromatic heterocycles. The number of hydrogen-bond acceptors (Lipinski definition) is 3. The minimum atomic E-state index is -0.178. The van der Waals surface area contributed by atoms with Crippen LogP contribution in [-0.2, 0) is 11.3 Å². The summed E-state index contributed by atoms with van der Waals surface area (Å²) in [5.74, 6) is 0.865. The van der Waals surface area contributed by atoms with Gasteiger partial charge in [0.25, 0.3) is 0 Å². The second-order valence-electron chi connectivity index (χ2n) is 5.00. The van der Waals surface area contributed by atoms with Crippen molar-refractivity contribution in [1.29, 1.82) is 0 Å². The van der Waals surface area contributed by atoms with E-state index in [4.69, 9.17) is 21.1 Å². The molecule has 0 aliphatic heterocycles. The Morgan fingerprint density at radius 3 is 2.67 bits per heavy atom. The van der Waals surface area contributed by atoms with Gasteiger partial charge in [0, 0.05) is 12.6 Å². The number of halogens is 1. The fraction of sp³-hybridized carbons (Fsp3) is 0.211. The van der Waals surface area contributed by atoms with Crippen LogP contribution in [0.25, 0.3) is 6.08 Å². The van der Waals surface area contributed by atoms with Crippen LogP contribution in [0.15, 0.2) is 48.5 Å².